The lowest BCUT2D eigenvalue weighted by Crippen LogP contribution is -2.10. The van der Waals surface area contributed by atoms with Crippen LogP contribution in [0.25, 0.3) is 11.4 Å². The summed E-state index contributed by atoms with van der Waals surface area (Å²) in [6.07, 6.45) is 0. The summed E-state index contributed by atoms with van der Waals surface area (Å²) >= 11 is 1.33. The standard InChI is InChI=1S/C17H23N3O2S/c1-6-22-14(21)11-23-16-19-18-15(20(16)5)12-7-9-13(10-8-12)17(2,3)4/h7-10H,6,11H2,1-5H3. The molecule has 2 rings (SSSR count). The fourth-order valence-corrected chi connectivity index (χ4v) is 2.85. The van der Waals surface area contributed by atoms with Gasteiger partial charge in [0.25, 0.3) is 0 Å². The van der Waals surface area contributed by atoms with Crippen LogP contribution in [0.5, 0.6) is 0 Å². The van der Waals surface area contributed by atoms with Crippen LogP contribution in [-0.4, -0.2) is 33.1 Å². The van der Waals surface area contributed by atoms with E-state index in [9.17, 15) is 4.79 Å². The van der Waals surface area contributed by atoms with Crippen LogP contribution in [-0.2, 0) is 22.0 Å². The third-order valence-electron chi connectivity index (χ3n) is 3.47. The number of hydrogen-bond acceptors (Lipinski definition) is 5. The van der Waals surface area contributed by atoms with Gasteiger partial charge in [0.2, 0.25) is 0 Å². The van der Waals surface area contributed by atoms with Crippen molar-refractivity contribution in [1.29, 1.82) is 0 Å². The Morgan fingerprint density at radius 2 is 1.87 bits per heavy atom. The van der Waals surface area contributed by atoms with Gasteiger partial charge in [-0.2, -0.15) is 0 Å². The van der Waals surface area contributed by atoms with Crippen LogP contribution < -0.4 is 0 Å². The number of nitrogens with zero attached hydrogens (tertiary/aromatic N) is 3. The van der Waals surface area contributed by atoms with Crippen LogP contribution in [0.3, 0.4) is 0 Å². The molecule has 0 aliphatic rings. The van der Waals surface area contributed by atoms with Crippen molar-refractivity contribution in [3.63, 3.8) is 0 Å². The second kappa shape index (κ2) is 7.17. The van der Waals surface area contributed by atoms with Gasteiger partial charge < -0.3 is 9.30 Å². The lowest BCUT2D eigenvalue weighted by molar-refractivity contribution is -0.139. The molecule has 0 bridgehead atoms. The number of carbonyl (C=O) groups excluding carboxylic acids is 1. The molecule has 0 atom stereocenters. The molecule has 6 heteroatoms. The SMILES string of the molecule is CCOC(=O)CSc1nnc(-c2ccc(C(C)(C)C)cc2)n1C. The van der Waals surface area contributed by atoms with Crippen LogP contribution in [0.1, 0.15) is 33.3 Å². The Hall–Kier alpha value is -1.82. The lowest BCUT2D eigenvalue weighted by atomic mass is 9.87. The molecule has 1 heterocycles. The molecule has 0 saturated heterocycles. The first-order valence-electron chi connectivity index (χ1n) is 7.61. The van der Waals surface area contributed by atoms with E-state index in [0.717, 1.165) is 11.4 Å². The van der Waals surface area contributed by atoms with Gasteiger partial charge in [0.05, 0.1) is 12.4 Å². The quantitative estimate of drug-likeness (QED) is 0.620. The zero-order valence-electron chi connectivity index (χ0n) is 14.3. The molecule has 0 aliphatic carbocycles. The number of thioether (sulfide) groups is 1. The molecule has 0 radical (unpaired) electrons. The van der Waals surface area contributed by atoms with E-state index in [1.54, 1.807) is 6.92 Å². The highest BCUT2D eigenvalue weighted by molar-refractivity contribution is 7.99. The molecule has 0 spiro atoms. The monoisotopic (exact) mass is 333 g/mol. The maximum atomic E-state index is 11.4. The highest BCUT2D eigenvalue weighted by atomic mass is 32.2. The van der Waals surface area contributed by atoms with Gasteiger partial charge in [0.1, 0.15) is 0 Å². The van der Waals surface area contributed by atoms with Gasteiger partial charge >= 0.3 is 5.97 Å². The van der Waals surface area contributed by atoms with E-state index in [1.165, 1.54) is 17.3 Å². The summed E-state index contributed by atoms with van der Waals surface area (Å²) in [7, 11) is 1.90. The minimum atomic E-state index is -0.239. The van der Waals surface area contributed by atoms with Crippen molar-refractivity contribution in [2.24, 2.45) is 7.05 Å². The smallest absolute Gasteiger partial charge is 0.316 e. The number of aromatic nitrogens is 3. The van der Waals surface area contributed by atoms with Gasteiger partial charge in [-0.15, -0.1) is 10.2 Å². The van der Waals surface area contributed by atoms with Gasteiger partial charge in [0, 0.05) is 12.6 Å². The Labute approximate surface area is 141 Å². The van der Waals surface area contributed by atoms with E-state index in [1.807, 2.05) is 11.6 Å². The first-order chi connectivity index (χ1) is 10.8. The Morgan fingerprint density at radius 1 is 1.22 bits per heavy atom. The van der Waals surface area contributed by atoms with Crippen molar-refractivity contribution >= 4 is 17.7 Å². The van der Waals surface area contributed by atoms with Crippen LogP contribution >= 0.6 is 11.8 Å². The van der Waals surface area contributed by atoms with Gasteiger partial charge in [-0.3, -0.25) is 4.79 Å². The summed E-state index contributed by atoms with van der Waals surface area (Å²) in [5.74, 6) is 0.788. The number of ether oxygens (including phenoxy) is 1. The fourth-order valence-electron chi connectivity index (χ4n) is 2.14. The topological polar surface area (TPSA) is 57.0 Å². The minimum absolute atomic E-state index is 0.124. The summed E-state index contributed by atoms with van der Waals surface area (Å²) in [5.41, 5.74) is 2.41. The van der Waals surface area contributed by atoms with Gasteiger partial charge in [0.15, 0.2) is 11.0 Å². The zero-order valence-corrected chi connectivity index (χ0v) is 15.1. The predicted molar refractivity (Wildman–Crippen MR) is 92.5 cm³/mol. The van der Waals surface area contributed by atoms with E-state index in [2.05, 4.69) is 55.2 Å². The third-order valence-corrected chi connectivity index (χ3v) is 4.46. The molecule has 5 nitrogen and oxygen atoms in total. The molecule has 1 aromatic heterocycles. The highest BCUT2D eigenvalue weighted by Gasteiger charge is 2.16. The van der Waals surface area contributed by atoms with Crippen molar-refractivity contribution < 1.29 is 9.53 Å². The molecule has 0 amide bonds. The summed E-state index contributed by atoms with van der Waals surface area (Å²) in [4.78, 5) is 11.4. The second-order valence-electron chi connectivity index (χ2n) is 6.29. The molecular formula is C17H23N3O2S. The maximum Gasteiger partial charge on any atom is 0.316 e. The van der Waals surface area contributed by atoms with E-state index < -0.39 is 0 Å². The Balaban J connectivity index is 2.14. The Bertz CT molecular complexity index is 672. The van der Waals surface area contributed by atoms with Gasteiger partial charge in [-0.25, -0.2) is 0 Å². The normalized spacial score (nSPS) is 11.5. The van der Waals surface area contributed by atoms with Crippen LogP contribution in [0, 0.1) is 0 Å². The molecule has 0 unspecified atom stereocenters. The molecule has 2 aromatic rings. The van der Waals surface area contributed by atoms with Crippen molar-refractivity contribution in [3.05, 3.63) is 29.8 Å². The number of esters is 1. The van der Waals surface area contributed by atoms with Crippen LogP contribution in [0.15, 0.2) is 29.4 Å². The van der Waals surface area contributed by atoms with Crippen LogP contribution in [0.2, 0.25) is 0 Å². The minimum Gasteiger partial charge on any atom is -0.465 e. The van der Waals surface area contributed by atoms with Crippen molar-refractivity contribution in [2.75, 3.05) is 12.4 Å². The summed E-state index contributed by atoms with van der Waals surface area (Å²) in [6, 6.07) is 8.36. The first-order valence-corrected chi connectivity index (χ1v) is 8.60. The predicted octanol–water partition coefficient (Wildman–Crippen LogP) is 3.43. The molecular weight excluding hydrogens is 310 g/mol. The van der Waals surface area contributed by atoms with E-state index in [-0.39, 0.29) is 17.1 Å². The fraction of sp³-hybridized carbons (Fsp3) is 0.471. The summed E-state index contributed by atoms with van der Waals surface area (Å²) in [5, 5.41) is 9.11. The second-order valence-corrected chi connectivity index (χ2v) is 7.23. The highest BCUT2D eigenvalue weighted by Crippen LogP contribution is 2.26. The number of benzene rings is 1. The van der Waals surface area contributed by atoms with E-state index in [4.69, 9.17) is 4.74 Å². The van der Waals surface area contributed by atoms with Gasteiger partial charge in [-0.05, 0) is 17.9 Å². The van der Waals surface area contributed by atoms with Crippen molar-refractivity contribution in [1.82, 2.24) is 14.8 Å². The molecule has 0 saturated carbocycles. The maximum absolute atomic E-state index is 11.4. The summed E-state index contributed by atoms with van der Waals surface area (Å²) in [6.45, 7) is 8.76. The van der Waals surface area contributed by atoms with Crippen LogP contribution in [0.4, 0.5) is 0 Å². The summed E-state index contributed by atoms with van der Waals surface area (Å²) < 4.78 is 6.82. The molecule has 0 N–H and O–H groups in total. The molecule has 0 fully saturated rings. The molecule has 124 valence electrons. The average Bonchev–Trinajstić information content (AvgIpc) is 2.86. The zero-order chi connectivity index (χ0) is 17.0. The number of rotatable bonds is 5. The number of carbonyl (C=O) groups is 1. The lowest BCUT2D eigenvalue weighted by Gasteiger charge is -2.19. The Morgan fingerprint density at radius 3 is 2.43 bits per heavy atom. The van der Waals surface area contributed by atoms with Gasteiger partial charge in [-0.1, -0.05) is 56.8 Å². The van der Waals surface area contributed by atoms with E-state index in [0.29, 0.717) is 11.8 Å². The average molecular weight is 333 g/mol. The molecule has 0 aliphatic heterocycles. The number of hydrogen-bond donors (Lipinski definition) is 0. The molecule has 1 aromatic carbocycles. The Kier molecular flexibility index (Phi) is 5.46. The van der Waals surface area contributed by atoms with Crippen molar-refractivity contribution in [3.8, 4) is 11.4 Å². The molecule has 23 heavy (non-hydrogen) atoms. The first kappa shape index (κ1) is 17.5. The third kappa shape index (κ3) is 4.34. The largest absolute Gasteiger partial charge is 0.465 e. The van der Waals surface area contributed by atoms with E-state index >= 15 is 0 Å². The van der Waals surface area contributed by atoms with Crippen molar-refractivity contribution in [2.45, 2.75) is 38.3 Å².